The molecule has 0 aliphatic carbocycles. The highest BCUT2D eigenvalue weighted by Gasteiger charge is 2.11. The molecule has 1 amide bonds. The minimum absolute atomic E-state index is 0.0969. The average Bonchev–Trinajstić information content (AvgIpc) is 2.60. The number of methoxy groups -OCH3 is 2. The normalized spacial score (nSPS) is 10.2. The highest BCUT2D eigenvalue weighted by molar-refractivity contribution is 5.97. The first kappa shape index (κ1) is 18.3. The van der Waals surface area contributed by atoms with Crippen molar-refractivity contribution in [2.75, 3.05) is 20.8 Å². The molecule has 0 bridgehead atoms. The predicted octanol–water partition coefficient (Wildman–Crippen LogP) is 2.68. The van der Waals surface area contributed by atoms with Crippen LogP contribution < -0.4 is 14.8 Å². The molecule has 0 saturated heterocycles. The molecule has 6 nitrogen and oxygen atoms in total. The van der Waals surface area contributed by atoms with E-state index >= 15 is 0 Å². The molecule has 0 spiro atoms. The van der Waals surface area contributed by atoms with E-state index in [1.165, 1.54) is 12.1 Å². The maximum atomic E-state index is 12.3. The Kier molecular flexibility index (Phi) is 6.00. The summed E-state index contributed by atoms with van der Waals surface area (Å²) in [6.45, 7) is 2.14. The van der Waals surface area contributed by atoms with Crippen molar-refractivity contribution in [2.24, 2.45) is 0 Å². The fraction of sp³-hybridized carbons (Fsp3) is 0.263. The summed E-state index contributed by atoms with van der Waals surface area (Å²) >= 11 is 0. The molecule has 0 atom stereocenters. The van der Waals surface area contributed by atoms with E-state index < -0.39 is 5.97 Å². The number of amides is 1. The Labute approximate surface area is 146 Å². The van der Waals surface area contributed by atoms with Crippen LogP contribution in [0.3, 0.4) is 0 Å². The molecular weight excluding hydrogens is 322 g/mol. The van der Waals surface area contributed by atoms with Crippen LogP contribution in [-0.2, 0) is 6.42 Å². The van der Waals surface area contributed by atoms with Crippen LogP contribution in [0.2, 0.25) is 0 Å². The number of ether oxygens (including phenoxy) is 2. The monoisotopic (exact) mass is 343 g/mol. The highest BCUT2D eigenvalue weighted by atomic mass is 16.5. The number of hydrogen-bond donors (Lipinski definition) is 2. The number of carboxylic acid groups (broad SMARTS) is 1. The Morgan fingerprint density at radius 3 is 2.40 bits per heavy atom. The molecular formula is C19H21NO5. The number of carbonyl (C=O) groups excluding carboxylic acids is 1. The van der Waals surface area contributed by atoms with Gasteiger partial charge in [-0.05, 0) is 60.9 Å². The fourth-order valence-corrected chi connectivity index (χ4v) is 2.53. The Morgan fingerprint density at radius 2 is 1.76 bits per heavy atom. The first-order chi connectivity index (χ1) is 11.9. The van der Waals surface area contributed by atoms with Gasteiger partial charge in [0.1, 0.15) is 11.5 Å². The topological polar surface area (TPSA) is 84.9 Å². The van der Waals surface area contributed by atoms with Gasteiger partial charge < -0.3 is 19.9 Å². The third kappa shape index (κ3) is 4.73. The minimum atomic E-state index is -1.06. The van der Waals surface area contributed by atoms with Crippen molar-refractivity contribution in [3.63, 3.8) is 0 Å². The second kappa shape index (κ2) is 8.19. The van der Waals surface area contributed by atoms with Gasteiger partial charge in [0.05, 0.1) is 19.8 Å². The molecule has 2 aromatic rings. The zero-order valence-electron chi connectivity index (χ0n) is 14.5. The summed E-state index contributed by atoms with van der Waals surface area (Å²) in [5.74, 6) is 0.0672. The van der Waals surface area contributed by atoms with Gasteiger partial charge in [-0.3, -0.25) is 4.79 Å². The standard InChI is InChI=1S/C19H21NO5/c1-12-8-14(10-15(9-12)19(22)23)18(21)20-7-6-13-11-16(24-2)4-5-17(13)25-3/h4-5,8-11H,6-7H2,1-3H3,(H,20,21)(H,22,23). The summed E-state index contributed by atoms with van der Waals surface area (Å²) in [6, 6.07) is 10.0. The lowest BCUT2D eigenvalue weighted by molar-refractivity contribution is 0.0696. The van der Waals surface area contributed by atoms with Gasteiger partial charge >= 0.3 is 5.97 Å². The summed E-state index contributed by atoms with van der Waals surface area (Å²) in [5.41, 5.74) is 2.06. The number of hydrogen-bond acceptors (Lipinski definition) is 4. The first-order valence-electron chi connectivity index (χ1n) is 7.78. The van der Waals surface area contributed by atoms with Gasteiger partial charge in [-0.1, -0.05) is 0 Å². The lowest BCUT2D eigenvalue weighted by Crippen LogP contribution is -2.26. The van der Waals surface area contributed by atoms with Crippen molar-refractivity contribution >= 4 is 11.9 Å². The van der Waals surface area contributed by atoms with Crippen LogP contribution in [-0.4, -0.2) is 37.7 Å². The summed E-state index contributed by atoms with van der Waals surface area (Å²) in [7, 11) is 3.18. The Hall–Kier alpha value is -3.02. The SMILES string of the molecule is COc1ccc(OC)c(CCNC(=O)c2cc(C)cc(C(=O)O)c2)c1. The molecule has 2 rings (SSSR count). The van der Waals surface area contributed by atoms with Gasteiger partial charge in [-0.15, -0.1) is 0 Å². The molecule has 0 saturated carbocycles. The number of benzene rings is 2. The van der Waals surface area contributed by atoms with Crippen molar-refractivity contribution in [3.05, 3.63) is 58.7 Å². The van der Waals surface area contributed by atoms with Crippen LogP contribution in [0.25, 0.3) is 0 Å². The van der Waals surface area contributed by atoms with Crippen LogP contribution in [0.5, 0.6) is 11.5 Å². The van der Waals surface area contributed by atoms with Crippen LogP contribution >= 0.6 is 0 Å². The smallest absolute Gasteiger partial charge is 0.335 e. The second-order valence-corrected chi connectivity index (χ2v) is 5.58. The summed E-state index contributed by atoms with van der Waals surface area (Å²) in [6.07, 6.45) is 0.559. The minimum Gasteiger partial charge on any atom is -0.497 e. The molecule has 132 valence electrons. The summed E-state index contributed by atoms with van der Waals surface area (Å²) in [4.78, 5) is 23.4. The van der Waals surface area contributed by atoms with Crippen LogP contribution in [0.4, 0.5) is 0 Å². The Balaban J connectivity index is 2.05. The fourth-order valence-electron chi connectivity index (χ4n) is 2.53. The molecule has 6 heteroatoms. The molecule has 2 aromatic carbocycles. The van der Waals surface area contributed by atoms with Crippen molar-refractivity contribution in [3.8, 4) is 11.5 Å². The maximum absolute atomic E-state index is 12.3. The van der Waals surface area contributed by atoms with Gasteiger partial charge in [0.25, 0.3) is 5.91 Å². The van der Waals surface area contributed by atoms with E-state index in [1.807, 2.05) is 12.1 Å². The number of carboxylic acids is 1. The van der Waals surface area contributed by atoms with E-state index in [2.05, 4.69) is 5.32 Å². The highest BCUT2D eigenvalue weighted by Crippen LogP contribution is 2.24. The molecule has 0 aliphatic rings. The molecule has 0 fully saturated rings. The third-order valence-corrected chi connectivity index (χ3v) is 3.75. The maximum Gasteiger partial charge on any atom is 0.335 e. The number of aryl methyl sites for hydroxylation is 1. The van der Waals surface area contributed by atoms with Gasteiger partial charge in [-0.2, -0.15) is 0 Å². The third-order valence-electron chi connectivity index (χ3n) is 3.75. The molecule has 0 radical (unpaired) electrons. The number of aromatic carboxylic acids is 1. The number of nitrogens with one attached hydrogen (secondary N) is 1. The molecule has 25 heavy (non-hydrogen) atoms. The van der Waals surface area contributed by atoms with Gasteiger partial charge in [0.2, 0.25) is 0 Å². The van der Waals surface area contributed by atoms with E-state index in [1.54, 1.807) is 33.3 Å². The average molecular weight is 343 g/mol. The van der Waals surface area contributed by atoms with Crippen molar-refractivity contribution in [2.45, 2.75) is 13.3 Å². The number of carbonyl (C=O) groups is 2. The van der Waals surface area contributed by atoms with E-state index in [-0.39, 0.29) is 11.5 Å². The van der Waals surface area contributed by atoms with Gasteiger partial charge in [0.15, 0.2) is 0 Å². The first-order valence-corrected chi connectivity index (χ1v) is 7.78. The Morgan fingerprint density at radius 1 is 1.04 bits per heavy atom. The summed E-state index contributed by atoms with van der Waals surface area (Å²) in [5, 5.41) is 11.9. The van der Waals surface area contributed by atoms with Crippen LogP contribution in [0, 0.1) is 6.92 Å². The van der Waals surface area contributed by atoms with Crippen molar-refractivity contribution < 1.29 is 24.2 Å². The van der Waals surface area contributed by atoms with Gasteiger partial charge in [0, 0.05) is 12.1 Å². The van der Waals surface area contributed by atoms with E-state index in [4.69, 9.17) is 14.6 Å². The van der Waals surface area contributed by atoms with Crippen molar-refractivity contribution in [1.29, 1.82) is 0 Å². The number of rotatable bonds is 7. The molecule has 0 unspecified atom stereocenters. The molecule has 2 N–H and O–H groups in total. The Bertz CT molecular complexity index is 785. The second-order valence-electron chi connectivity index (χ2n) is 5.58. The van der Waals surface area contributed by atoms with Gasteiger partial charge in [-0.25, -0.2) is 4.79 Å². The zero-order chi connectivity index (χ0) is 18.4. The zero-order valence-corrected chi connectivity index (χ0v) is 14.5. The van der Waals surface area contributed by atoms with Crippen LogP contribution in [0.1, 0.15) is 31.8 Å². The summed E-state index contributed by atoms with van der Waals surface area (Å²) < 4.78 is 10.5. The predicted molar refractivity (Wildman–Crippen MR) is 93.7 cm³/mol. The largest absolute Gasteiger partial charge is 0.497 e. The van der Waals surface area contributed by atoms with E-state index in [0.717, 1.165) is 16.9 Å². The lowest BCUT2D eigenvalue weighted by Gasteiger charge is -2.11. The van der Waals surface area contributed by atoms with Crippen LogP contribution in [0.15, 0.2) is 36.4 Å². The molecule has 0 heterocycles. The van der Waals surface area contributed by atoms with E-state index in [0.29, 0.717) is 24.3 Å². The lowest BCUT2D eigenvalue weighted by atomic mass is 10.1. The quantitative estimate of drug-likeness (QED) is 0.807. The van der Waals surface area contributed by atoms with E-state index in [9.17, 15) is 9.59 Å². The van der Waals surface area contributed by atoms with Crippen molar-refractivity contribution in [1.82, 2.24) is 5.32 Å². The molecule has 0 aliphatic heterocycles. The molecule has 0 aromatic heterocycles.